The molecule has 0 aliphatic carbocycles. The van der Waals surface area contributed by atoms with Gasteiger partial charge in [-0.15, -0.1) is 21.5 Å². The lowest BCUT2D eigenvalue weighted by molar-refractivity contribution is -0.120. The first-order valence-electron chi connectivity index (χ1n) is 7.59. The molecule has 3 aromatic rings. The highest BCUT2D eigenvalue weighted by molar-refractivity contribution is 7.13. The molecule has 0 radical (unpaired) electrons. The molecule has 6 nitrogen and oxygen atoms in total. The highest BCUT2D eigenvalue weighted by atomic mass is 32.1. The zero-order valence-corrected chi connectivity index (χ0v) is 14.0. The summed E-state index contributed by atoms with van der Waals surface area (Å²) in [7, 11) is 0. The number of ether oxygens (including phenoxy) is 1. The molecule has 0 bridgehead atoms. The fourth-order valence-electron chi connectivity index (χ4n) is 2.14. The number of hydrogen-bond acceptors (Lipinski definition) is 6. The van der Waals surface area contributed by atoms with Gasteiger partial charge in [0, 0.05) is 6.54 Å². The largest absolute Gasteiger partial charge is 0.494 e. The molecule has 0 fully saturated rings. The van der Waals surface area contributed by atoms with Crippen LogP contribution >= 0.6 is 11.3 Å². The van der Waals surface area contributed by atoms with Gasteiger partial charge in [0.25, 0.3) is 5.89 Å². The van der Waals surface area contributed by atoms with Gasteiger partial charge in [0.05, 0.1) is 11.5 Å². The fourth-order valence-corrected chi connectivity index (χ4v) is 2.78. The summed E-state index contributed by atoms with van der Waals surface area (Å²) in [6, 6.07) is 11.4. The van der Waals surface area contributed by atoms with E-state index < -0.39 is 0 Å². The zero-order chi connectivity index (χ0) is 16.8. The molecule has 0 unspecified atom stereocenters. The van der Waals surface area contributed by atoms with Gasteiger partial charge in [0.15, 0.2) is 0 Å². The van der Waals surface area contributed by atoms with Gasteiger partial charge in [-0.05, 0) is 36.1 Å². The molecule has 7 heteroatoms. The van der Waals surface area contributed by atoms with Crippen LogP contribution in [0.5, 0.6) is 5.75 Å². The molecular formula is C17H17N3O3S. The van der Waals surface area contributed by atoms with E-state index in [0.717, 1.165) is 16.2 Å². The second kappa shape index (κ2) is 7.74. The van der Waals surface area contributed by atoms with E-state index in [0.29, 0.717) is 24.9 Å². The average molecular weight is 343 g/mol. The van der Waals surface area contributed by atoms with Gasteiger partial charge in [-0.25, -0.2) is 0 Å². The number of carbonyl (C=O) groups is 1. The van der Waals surface area contributed by atoms with Crippen molar-refractivity contribution in [3.8, 4) is 16.5 Å². The number of carbonyl (C=O) groups excluding carboxylic acids is 1. The molecule has 0 aliphatic rings. The Labute approximate surface area is 143 Å². The highest BCUT2D eigenvalue weighted by Crippen LogP contribution is 2.23. The lowest BCUT2D eigenvalue weighted by atomic mass is 10.2. The third-order valence-corrected chi connectivity index (χ3v) is 4.07. The lowest BCUT2D eigenvalue weighted by Crippen LogP contribution is -2.24. The Hall–Kier alpha value is -2.67. The number of nitrogens with zero attached hydrogens (tertiary/aromatic N) is 2. The molecule has 24 heavy (non-hydrogen) atoms. The molecule has 0 aliphatic heterocycles. The Morgan fingerprint density at radius 2 is 2.21 bits per heavy atom. The zero-order valence-electron chi connectivity index (χ0n) is 13.2. The number of thiophene rings is 1. The minimum absolute atomic E-state index is 0.0591. The van der Waals surface area contributed by atoms with Gasteiger partial charge >= 0.3 is 0 Å². The van der Waals surface area contributed by atoms with Crippen molar-refractivity contribution < 1.29 is 13.9 Å². The summed E-state index contributed by atoms with van der Waals surface area (Å²) >= 11 is 1.51. The van der Waals surface area contributed by atoms with Crippen LogP contribution in [-0.2, 0) is 17.8 Å². The van der Waals surface area contributed by atoms with Crippen molar-refractivity contribution in [3.63, 3.8) is 0 Å². The summed E-state index contributed by atoms with van der Waals surface area (Å²) in [5.74, 6) is 1.37. The maximum Gasteiger partial charge on any atom is 0.257 e. The average Bonchev–Trinajstić information content (AvgIpc) is 3.25. The molecule has 124 valence electrons. The summed E-state index contributed by atoms with van der Waals surface area (Å²) < 4.78 is 11.0. The monoisotopic (exact) mass is 343 g/mol. The van der Waals surface area contributed by atoms with Crippen LogP contribution in [-0.4, -0.2) is 22.7 Å². The predicted octanol–water partition coefficient (Wildman–Crippen LogP) is 3.06. The first kappa shape index (κ1) is 16.2. The van der Waals surface area contributed by atoms with Crippen LogP contribution in [0.25, 0.3) is 10.8 Å². The van der Waals surface area contributed by atoms with E-state index in [-0.39, 0.29) is 12.3 Å². The second-order valence-corrected chi connectivity index (χ2v) is 5.96. The molecule has 2 aromatic heterocycles. The number of rotatable bonds is 7. The summed E-state index contributed by atoms with van der Waals surface area (Å²) in [6.45, 7) is 2.97. The molecule has 1 aromatic carbocycles. The van der Waals surface area contributed by atoms with Gasteiger partial charge in [-0.1, -0.05) is 18.2 Å². The number of benzene rings is 1. The fraction of sp³-hybridized carbons (Fsp3) is 0.235. The molecule has 1 N–H and O–H groups in total. The van der Waals surface area contributed by atoms with Crippen LogP contribution in [0.3, 0.4) is 0 Å². The van der Waals surface area contributed by atoms with Crippen molar-refractivity contribution >= 4 is 17.2 Å². The van der Waals surface area contributed by atoms with E-state index in [1.807, 2.05) is 48.7 Å². The van der Waals surface area contributed by atoms with Gasteiger partial charge < -0.3 is 14.5 Å². The molecule has 0 spiro atoms. The summed E-state index contributed by atoms with van der Waals surface area (Å²) in [4.78, 5) is 12.9. The number of aromatic nitrogens is 2. The Bertz CT molecular complexity index is 799. The quantitative estimate of drug-likeness (QED) is 0.713. The SMILES string of the molecule is CCOc1cccc(CNC(=O)Cc2nnc(-c3cccs3)o2)c1. The number of nitrogens with one attached hydrogen (secondary N) is 1. The van der Waals surface area contributed by atoms with Crippen LogP contribution < -0.4 is 10.1 Å². The maximum absolute atomic E-state index is 12.0. The standard InChI is InChI=1S/C17H17N3O3S/c1-2-22-13-6-3-5-12(9-13)11-18-15(21)10-16-19-20-17(23-16)14-7-4-8-24-14/h3-9H,2,10-11H2,1H3,(H,18,21). The summed E-state index contributed by atoms with van der Waals surface area (Å²) in [5.41, 5.74) is 0.971. The van der Waals surface area contributed by atoms with Gasteiger partial charge in [-0.3, -0.25) is 4.79 Å². The van der Waals surface area contributed by atoms with Crippen molar-refractivity contribution in [2.75, 3.05) is 6.61 Å². The molecule has 3 rings (SSSR count). The Morgan fingerprint density at radius 1 is 1.29 bits per heavy atom. The van der Waals surface area contributed by atoms with E-state index in [9.17, 15) is 4.79 Å². The van der Waals surface area contributed by atoms with E-state index in [2.05, 4.69) is 15.5 Å². The Morgan fingerprint density at radius 3 is 3.00 bits per heavy atom. The summed E-state index contributed by atoms with van der Waals surface area (Å²) in [6.07, 6.45) is 0.0591. The molecule has 0 saturated heterocycles. The van der Waals surface area contributed by atoms with Crippen LogP contribution in [0, 0.1) is 0 Å². The van der Waals surface area contributed by atoms with E-state index in [1.54, 1.807) is 0 Å². The van der Waals surface area contributed by atoms with Gasteiger partial charge in [-0.2, -0.15) is 0 Å². The van der Waals surface area contributed by atoms with E-state index >= 15 is 0 Å². The predicted molar refractivity (Wildman–Crippen MR) is 90.8 cm³/mol. The molecular weight excluding hydrogens is 326 g/mol. The van der Waals surface area contributed by atoms with Crippen molar-refractivity contribution in [1.29, 1.82) is 0 Å². The Balaban J connectivity index is 1.53. The van der Waals surface area contributed by atoms with Crippen molar-refractivity contribution in [3.05, 3.63) is 53.2 Å². The van der Waals surface area contributed by atoms with E-state index in [1.165, 1.54) is 11.3 Å². The second-order valence-electron chi connectivity index (χ2n) is 5.01. The smallest absolute Gasteiger partial charge is 0.257 e. The molecule has 0 atom stereocenters. The number of amides is 1. The van der Waals surface area contributed by atoms with Crippen molar-refractivity contribution in [2.45, 2.75) is 19.9 Å². The van der Waals surface area contributed by atoms with Crippen molar-refractivity contribution in [1.82, 2.24) is 15.5 Å². The first-order chi connectivity index (χ1) is 11.7. The normalized spacial score (nSPS) is 10.5. The van der Waals surface area contributed by atoms with Crippen LogP contribution in [0.15, 0.2) is 46.2 Å². The molecule has 2 heterocycles. The molecule has 1 amide bonds. The Kier molecular flexibility index (Phi) is 5.22. The van der Waals surface area contributed by atoms with Crippen LogP contribution in [0.2, 0.25) is 0 Å². The van der Waals surface area contributed by atoms with Crippen molar-refractivity contribution in [2.24, 2.45) is 0 Å². The topological polar surface area (TPSA) is 77.2 Å². The highest BCUT2D eigenvalue weighted by Gasteiger charge is 2.12. The van der Waals surface area contributed by atoms with E-state index in [4.69, 9.17) is 9.15 Å². The van der Waals surface area contributed by atoms with Crippen LogP contribution in [0.1, 0.15) is 18.4 Å². The van der Waals surface area contributed by atoms with Crippen LogP contribution in [0.4, 0.5) is 0 Å². The van der Waals surface area contributed by atoms with Gasteiger partial charge in [0.1, 0.15) is 12.2 Å². The third kappa shape index (κ3) is 4.20. The minimum atomic E-state index is -0.168. The molecule has 0 saturated carbocycles. The third-order valence-electron chi connectivity index (χ3n) is 3.21. The first-order valence-corrected chi connectivity index (χ1v) is 8.47. The van der Waals surface area contributed by atoms with Gasteiger partial charge in [0.2, 0.25) is 11.8 Å². The number of hydrogen-bond donors (Lipinski definition) is 1. The lowest BCUT2D eigenvalue weighted by Gasteiger charge is -2.07. The maximum atomic E-state index is 12.0. The minimum Gasteiger partial charge on any atom is -0.494 e. The summed E-state index contributed by atoms with van der Waals surface area (Å²) in [5, 5.41) is 12.6.